The Hall–Kier alpha value is -0.830. The van der Waals surface area contributed by atoms with Crippen LogP contribution in [-0.2, 0) is 11.3 Å². The van der Waals surface area contributed by atoms with Gasteiger partial charge in [0.15, 0.2) is 5.96 Å². The van der Waals surface area contributed by atoms with E-state index in [9.17, 15) is 4.79 Å². The molecule has 0 atom stereocenters. The fourth-order valence-electron chi connectivity index (χ4n) is 2.34. The van der Waals surface area contributed by atoms with E-state index < -0.39 is 0 Å². The highest BCUT2D eigenvalue weighted by Gasteiger charge is 2.17. The minimum Gasteiger partial charge on any atom is -0.357 e. The fraction of sp³-hybridized carbons (Fsp3) is 0.500. The summed E-state index contributed by atoms with van der Waals surface area (Å²) in [6.45, 7) is 5.43. The molecule has 1 aliphatic heterocycles. The Labute approximate surface area is 163 Å². The second-order valence-electron chi connectivity index (χ2n) is 5.26. The number of rotatable bonds is 5. The Kier molecular flexibility index (Phi) is 9.54. The first-order valence-corrected chi connectivity index (χ1v) is 8.52. The molecule has 0 spiro atoms. The van der Waals surface area contributed by atoms with Gasteiger partial charge in [-0.05, 0) is 37.5 Å². The lowest BCUT2D eigenvalue weighted by Gasteiger charge is -2.17. The molecule has 0 aromatic heterocycles. The van der Waals surface area contributed by atoms with Gasteiger partial charge in [-0.3, -0.25) is 4.79 Å². The lowest BCUT2D eigenvalue weighted by atomic mass is 10.2. The average molecular weight is 495 g/mol. The summed E-state index contributed by atoms with van der Waals surface area (Å²) in [6.07, 6.45) is 2.23. The summed E-state index contributed by atoms with van der Waals surface area (Å²) in [6, 6.07) is 8.07. The van der Waals surface area contributed by atoms with Crippen molar-refractivity contribution in [3.05, 3.63) is 34.3 Å². The maximum atomic E-state index is 12.0. The van der Waals surface area contributed by atoms with Crippen molar-refractivity contribution in [2.24, 2.45) is 4.99 Å². The quantitative estimate of drug-likeness (QED) is 0.376. The molecule has 1 amide bonds. The van der Waals surface area contributed by atoms with Crippen molar-refractivity contribution in [1.29, 1.82) is 0 Å². The number of benzene rings is 1. The molecule has 7 heteroatoms. The third kappa shape index (κ3) is 7.07. The summed E-state index contributed by atoms with van der Waals surface area (Å²) in [5.74, 6) is 0.824. The Bertz CT molecular complexity index is 515. The van der Waals surface area contributed by atoms with Crippen molar-refractivity contribution in [1.82, 2.24) is 15.5 Å². The highest BCUT2D eigenvalue weighted by molar-refractivity contribution is 14.0. The molecule has 5 nitrogen and oxygen atoms in total. The Morgan fingerprint density at radius 2 is 1.87 bits per heavy atom. The molecule has 2 rings (SSSR count). The van der Waals surface area contributed by atoms with E-state index in [0.29, 0.717) is 19.0 Å². The van der Waals surface area contributed by atoms with Gasteiger partial charge in [-0.1, -0.05) is 28.1 Å². The van der Waals surface area contributed by atoms with Crippen LogP contribution >= 0.6 is 39.9 Å². The van der Waals surface area contributed by atoms with Crippen LogP contribution in [0.5, 0.6) is 0 Å². The predicted molar refractivity (Wildman–Crippen MR) is 108 cm³/mol. The third-order valence-corrected chi connectivity index (χ3v) is 4.07. The van der Waals surface area contributed by atoms with Gasteiger partial charge in [-0.2, -0.15) is 0 Å². The molecule has 1 fully saturated rings. The molecule has 0 bridgehead atoms. The number of carbonyl (C=O) groups is 1. The van der Waals surface area contributed by atoms with Crippen molar-refractivity contribution in [3.63, 3.8) is 0 Å². The van der Waals surface area contributed by atoms with Gasteiger partial charge in [0.25, 0.3) is 0 Å². The van der Waals surface area contributed by atoms with E-state index in [0.717, 1.165) is 42.5 Å². The summed E-state index contributed by atoms with van der Waals surface area (Å²) in [5.41, 5.74) is 1.13. The maximum Gasteiger partial charge on any atom is 0.241 e. The number of likely N-dealkylation sites (tertiary alicyclic amines) is 1. The van der Waals surface area contributed by atoms with Gasteiger partial charge in [0, 0.05) is 24.1 Å². The molecule has 1 heterocycles. The molecule has 1 aromatic carbocycles. The lowest BCUT2D eigenvalue weighted by molar-refractivity contribution is -0.128. The smallest absolute Gasteiger partial charge is 0.241 e. The Morgan fingerprint density at radius 1 is 1.22 bits per heavy atom. The number of nitrogens with one attached hydrogen (secondary N) is 2. The molecule has 0 unspecified atom stereocenters. The zero-order chi connectivity index (χ0) is 15.8. The van der Waals surface area contributed by atoms with Gasteiger partial charge >= 0.3 is 0 Å². The molecular weight excluding hydrogens is 471 g/mol. The van der Waals surface area contributed by atoms with E-state index in [1.807, 2.05) is 36.1 Å². The second-order valence-corrected chi connectivity index (χ2v) is 6.18. The van der Waals surface area contributed by atoms with Crippen LogP contribution in [0.15, 0.2) is 33.7 Å². The van der Waals surface area contributed by atoms with Gasteiger partial charge in [-0.25, -0.2) is 4.99 Å². The van der Waals surface area contributed by atoms with E-state index in [1.54, 1.807) is 0 Å². The Balaban J connectivity index is 0.00000264. The highest BCUT2D eigenvalue weighted by atomic mass is 127. The summed E-state index contributed by atoms with van der Waals surface area (Å²) in [4.78, 5) is 18.5. The predicted octanol–water partition coefficient (Wildman–Crippen LogP) is 2.74. The monoisotopic (exact) mass is 494 g/mol. The summed E-state index contributed by atoms with van der Waals surface area (Å²) in [7, 11) is 0. The zero-order valence-corrected chi connectivity index (χ0v) is 17.3. The molecule has 1 saturated heterocycles. The maximum absolute atomic E-state index is 12.0. The number of halogens is 2. The molecule has 1 aliphatic rings. The molecule has 128 valence electrons. The van der Waals surface area contributed by atoms with E-state index in [-0.39, 0.29) is 29.9 Å². The Morgan fingerprint density at radius 3 is 2.48 bits per heavy atom. The van der Waals surface area contributed by atoms with E-state index in [2.05, 4.69) is 31.6 Å². The number of aliphatic imine (C=N–C) groups is 1. The first kappa shape index (κ1) is 20.2. The first-order valence-electron chi connectivity index (χ1n) is 7.73. The van der Waals surface area contributed by atoms with Crippen LogP contribution in [0.25, 0.3) is 0 Å². The molecule has 0 saturated carbocycles. The minimum atomic E-state index is 0. The largest absolute Gasteiger partial charge is 0.357 e. The molecular formula is C16H24BrIN4O. The molecule has 1 aromatic rings. The second kappa shape index (κ2) is 10.9. The average Bonchev–Trinajstić information content (AvgIpc) is 3.06. The van der Waals surface area contributed by atoms with Gasteiger partial charge < -0.3 is 15.5 Å². The number of nitrogens with zero attached hydrogens (tertiary/aromatic N) is 2. The lowest BCUT2D eigenvalue weighted by Crippen LogP contribution is -2.44. The van der Waals surface area contributed by atoms with Crippen molar-refractivity contribution >= 4 is 51.8 Å². The summed E-state index contributed by atoms with van der Waals surface area (Å²) in [5, 5.41) is 6.29. The van der Waals surface area contributed by atoms with Gasteiger partial charge in [0.1, 0.15) is 0 Å². The van der Waals surface area contributed by atoms with Gasteiger partial charge in [0.2, 0.25) is 5.91 Å². The van der Waals surface area contributed by atoms with E-state index >= 15 is 0 Å². The summed E-state index contributed by atoms with van der Waals surface area (Å²) >= 11 is 3.42. The van der Waals surface area contributed by atoms with Crippen LogP contribution in [0.4, 0.5) is 0 Å². The van der Waals surface area contributed by atoms with E-state index in [4.69, 9.17) is 0 Å². The van der Waals surface area contributed by atoms with Crippen molar-refractivity contribution in [3.8, 4) is 0 Å². The number of hydrogen-bond donors (Lipinski definition) is 2. The van der Waals surface area contributed by atoms with Crippen LogP contribution < -0.4 is 10.6 Å². The molecule has 2 N–H and O–H groups in total. The first-order chi connectivity index (χ1) is 10.7. The van der Waals surface area contributed by atoms with Gasteiger partial charge in [-0.15, -0.1) is 24.0 Å². The summed E-state index contributed by atoms with van der Waals surface area (Å²) < 4.78 is 1.06. The van der Waals surface area contributed by atoms with Crippen LogP contribution in [0.1, 0.15) is 25.3 Å². The number of carbonyl (C=O) groups excluding carboxylic acids is 1. The van der Waals surface area contributed by atoms with E-state index in [1.165, 1.54) is 0 Å². The topological polar surface area (TPSA) is 56.7 Å². The molecule has 0 radical (unpaired) electrons. The third-order valence-electron chi connectivity index (χ3n) is 3.54. The minimum absolute atomic E-state index is 0. The SMILES string of the molecule is CCNC(=NCc1ccc(Br)cc1)NCC(=O)N1CCCC1.I. The number of hydrogen-bond acceptors (Lipinski definition) is 2. The fourth-order valence-corrected chi connectivity index (χ4v) is 2.60. The van der Waals surface area contributed by atoms with Crippen LogP contribution in [-0.4, -0.2) is 42.9 Å². The zero-order valence-electron chi connectivity index (χ0n) is 13.3. The van der Waals surface area contributed by atoms with Crippen molar-refractivity contribution < 1.29 is 4.79 Å². The van der Waals surface area contributed by atoms with Crippen molar-refractivity contribution in [2.75, 3.05) is 26.2 Å². The van der Waals surface area contributed by atoms with Crippen LogP contribution in [0.2, 0.25) is 0 Å². The molecule has 0 aliphatic carbocycles. The van der Waals surface area contributed by atoms with Crippen molar-refractivity contribution in [2.45, 2.75) is 26.3 Å². The number of amides is 1. The standard InChI is InChI=1S/C16H23BrN4O.HI/c1-2-18-16(19-11-13-5-7-14(17)8-6-13)20-12-15(22)21-9-3-4-10-21;/h5-8H,2-4,9-12H2,1H3,(H2,18,19,20);1H. The van der Waals surface area contributed by atoms with Crippen LogP contribution in [0.3, 0.4) is 0 Å². The van der Waals surface area contributed by atoms with Crippen LogP contribution in [0, 0.1) is 0 Å². The van der Waals surface area contributed by atoms with Gasteiger partial charge in [0.05, 0.1) is 13.1 Å². The molecule has 23 heavy (non-hydrogen) atoms. The highest BCUT2D eigenvalue weighted by Crippen LogP contribution is 2.11. The number of guanidine groups is 1. The normalized spacial score (nSPS) is 14.3.